The molecule has 0 saturated heterocycles. The Bertz CT molecular complexity index is 1050. The number of fused-ring (bicyclic) bond motifs is 1. The lowest BCUT2D eigenvalue weighted by Crippen LogP contribution is -2.54. The fraction of sp³-hybridized carbons (Fsp3) is 0.636. The number of ether oxygens (including phenoxy) is 1. The molecule has 184 valence electrons. The Morgan fingerprint density at radius 2 is 1.85 bits per heavy atom. The SMILES string of the molecule is CC(C)(C)OC(=O)NC1CCC(C(=O)N2CCc3ccc(C(F)(F)F)cc3C2)(S(C)(=O)=O)C1. The molecule has 1 aromatic rings. The maximum atomic E-state index is 13.5. The molecule has 11 heteroatoms. The van der Waals surface area contributed by atoms with Gasteiger partial charge in [-0.15, -0.1) is 0 Å². The first-order valence-corrected chi connectivity index (χ1v) is 12.6. The van der Waals surface area contributed by atoms with E-state index in [0.29, 0.717) is 17.5 Å². The second kappa shape index (κ2) is 8.48. The highest BCUT2D eigenvalue weighted by atomic mass is 32.2. The molecule has 2 unspecified atom stereocenters. The van der Waals surface area contributed by atoms with Crippen molar-refractivity contribution in [2.75, 3.05) is 12.8 Å². The van der Waals surface area contributed by atoms with E-state index in [1.807, 2.05) is 0 Å². The predicted octanol–water partition coefficient (Wildman–Crippen LogP) is 3.45. The van der Waals surface area contributed by atoms with Gasteiger partial charge in [0.2, 0.25) is 5.91 Å². The molecular formula is C22H29F3N2O5S. The highest BCUT2D eigenvalue weighted by molar-refractivity contribution is 7.92. The summed E-state index contributed by atoms with van der Waals surface area (Å²) in [5.74, 6) is -0.637. The van der Waals surface area contributed by atoms with Gasteiger partial charge in [-0.3, -0.25) is 4.79 Å². The number of hydrogen-bond donors (Lipinski definition) is 1. The first-order valence-electron chi connectivity index (χ1n) is 10.7. The molecule has 2 atom stereocenters. The number of amides is 2. The number of alkyl carbamates (subject to hydrolysis) is 1. The van der Waals surface area contributed by atoms with Crippen LogP contribution in [0.5, 0.6) is 0 Å². The third kappa shape index (κ3) is 5.44. The van der Waals surface area contributed by atoms with E-state index in [2.05, 4.69) is 5.32 Å². The number of nitrogens with zero attached hydrogens (tertiary/aromatic N) is 1. The molecule has 1 aliphatic heterocycles. The van der Waals surface area contributed by atoms with Crippen molar-refractivity contribution in [1.29, 1.82) is 0 Å². The molecule has 0 aromatic heterocycles. The summed E-state index contributed by atoms with van der Waals surface area (Å²) in [6.07, 6.45) is -3.73. The number of carbonyl (C=O) groups is 2. The minimum atomic E-state index is -4.51. The van der Waals surface area contributed by atoms with Crippen LogP contribution in [0.2, 0.25) is 0 Å². The Balaban J connectivity index is 1.81. The fourth-order valence-electron chi connectivity index (χ4n) is 4.49. The zero-order chi connectivity index (χ0) is 24.8. The van der Waals surface area contributed by atoms with Gasteiger partial charge in [-0.1, -0.05) is 6.07 Å². The van der Waals surface area contributed by atoms with Crippen LogP contribution < -0.4 is 5.32 Å². The number of halogens is 3. The van der Waals surface area contributed by atoms with Crippen LogP contribution >= 0.6 is 0 Å². The molecule has 1 fully saturated rings. The van der Waals surface area contributed by atoms with Crippen LogP contribution in [-0.2, 0) is 38.5 Å². The summed E-state index contributed by atoms with van der Waals surface area (Å²) < 4.78 is 68.4. The largest absolute Gasteiger partial charge is 0.444 e. The summed E-state index contributed by atoms with van der Waals surface area (Å²) in [6.45, 7) is 5.20. The number of hydrogen-bond acceptors (Lipinski definition) is 5. The molecule has 1 saturated carbocycles. The first-order chi connectivity index (χ1) is 15.0. The molecule has 0 bridgehead atoms. The second-order valence-electron chi connectivity index (χ2n) is 9.81. The Morgan fingerprint density at radius 1 is 1.18 bits per heavy atom. The normalized spacial score (nSPS) is 23.7. The third-order valence-corrected chi connectivity index (χ3v) is 8.09. The van der Waals surface area contributed by atoms with Crippen LogP contribution in [0.25, 0.3) is 0 Å². The molecule has 0 spiro atoms. The smallest absolute Gasteiger partial charge is 0.416 e. The van der Waals surface area contributed by atoms with E-state index in [-0.39, 0.29) is 32.4 Å². The summed E-state index contributed by atoms with van der Waals surface area (Å²) >= 11 is 0. The molecule has 2 amide bonds. The summed E-state index contributed by atoms with van der Waals surface area (Å²) in [5.41, 5.74) is -0.482. The minimum Gasteiger partial charge on any atom is -0.444 e. The molecule has 1 N–H and O–H groups in total. The minimum absolute atomic E-state index is 0.0110. The second-order valence-corrected chi connectivity index (χ2v) is 12.1. The molecule has 1 aliphatic carbocycles. The maximum Gasteiger partial charge on any atom is 0.416 e. The van der Waals surface area contributed by atoms with E-state index in [0.717, 1.165) is 18.4 Å². The average molecular weight is 491 g/mol. The van der Waals surface area contributed by atoms with Gasteiger partial charge in [-0.25, -0.2) is 13.2 Å². The van der Waals surface area contributed by atoms with Crippen LogP contribution in [0, 0.1) is 0 Å². The molecule has 33 heavy (non-hydrogen) atoms. The van der Waals surface area contributed by atoms with Crippen LogP contribution in [0.1, 0.15) is 56.7 Å². The number of benzene rings is 1. The van der Waals surface area contributed by atoms with Crippen molar-refractivity contribution in [2.45, 2.75) is 75.6 Å². The lowest BCUT2D eigenvalue weighted by atomic mass is 9.95. The lowest BCUT2D eigenvalue weighted by molar-refractivity contribution is -0.137. The maximum absolute atomic E-state index is 13.5. The molecule has 7 nitrogen and oxygen atoms in total. The van der Waals surface area contributed by atoms with E-state index in [9.17, 15) is 31.2 Å². The number of carbonyl (C=O) groups excluding carboxylic acids is 2. The zero-order valence-corrected chi connectivity index (χ0v) is 19.9. The van der Waals surface area contributed by atoms with E-state index in [4.69, 9.17) is 4.74 Å². The molecule has 0 radical (unpaired) electrons. The molecule has 1 aromatic carbocycles. The van der Waals surface area contributed by atoms with Crippen LogP contribution in [0.3, 0.4) is 0 Å². The van der Waals surface area contributed by atoms with Gasteiger partial charge >= 0.3 is 12.3 Å². The Labute approximate surface area is 191 Å². The van der Waals surface area contributed by atoms with E-state index < -0.39 is 50.0 Å². The van der Waals surface area contributed by atoms with E-state index in [1.54, 1.807) is 20.8 Å². The van der Waals surface area contributed by atoms with Gasteiger partial charge in [0.05, 0.1) is 5.56 Å². The van der Waals surface area contributed by atoms with Gasteiger partial charge in [-0.05, 0) is 69.7 Å². The summed E-state index contributed by atoms with van der Waals surface area (Å²) in [6, 6.07) is 2.86. The Hall–Kier alpha value is -2.30. The van der Waals surface area contributed by atoms with Crippen molar-refractivity contribution in [3.63, 3.8) is 0 Å². The van der Waals surface area contributed by atoms with Crippen molar-refractivity contribution in [1.82, 2.24) is 10.2 Å². The number of nitrogens with one attached hydrogen (secondary N) is 1. The number of sulfone groups is 1. The summed E-state index contributed by atoms with van der Waals surface area (Å²) in [7, 11) is -3.89. The van der Waals surface area contributed by atoms with Crippen molar-refractivity contribution in [3.8, 4) is 0 Å². The van der Waals surface area contributed by atoms with Gasteiger partial charge in [0.1, 0.15) is 5.60 Å². The first kappa shape index (κ1) is 25.3. The average Bonchev–Trinajstić information content (AvgIpc) is 3.09. The molecule has 3 rings (SSSR count). The van der Waals surface area contributed by atoms with Gasteiger partial charge < -0.3 is 15.0 Å². The lowest BCUT2D eigenvalue weighted by Gasteiger charge is -2.36. The number of alkyl halides is 3. The predicted molar refractivity (Wildman–Crippen MR) is 115 cm³/mol. The monoisotopic (exact) mass is 490 g/mol. The molecular weight excluding hydrogens is 461 g/mol. The van der Waals surface area contributed by atoms with Crippen molar-refractivity contribution >= 4 is 21.8 Å². The van der Waals surface area contributed by atoms with Gasteiger partial charge in [-0.2, -0.15) is 13.2 Å². The third-order valence-electron chi connectivity index (χ3n) is 6.13. The topological polar surface area (TPSA) is 92.8 Å². The molecule has 2 aliphatic rings. The molecule has 1 heterocycles. The van der Waals surface area contributed by atoms with Gasteiger partial charge in [0, 0.05) is 25.4 Å². The Morgan fingerprint density at radius 3 is 2.42 bits per heavy atom. The van der Waals surface area contributed by atoms with Gasteiger partial charge in [0.25, 0.3) is 0 Å². The van der Waals surface area contributed by atoms with Gasteiger partial charge in [0.15, 0.2) is 14.6 Å². The van der Waals surface area contributed by atoms with Crippen LogP contribution in [0.4, 0.5) is 18.0 Å². The van der Waals surface area contributed by atoms with Crippen molar-refractivity contribution in [3.05, 3.63) is 34.9 Å². The summed E-state index contributed by atoms with van der Waals surface area (Å²) in [4.78, 5) is 26.9. The fourth-order valence-corrected chi connectivity index (χ4v) is 5.93. The van der Waals surface area contributed by atoms with Crippen molar-refractivity contribution < 1.29 is 35.9 Å². The van der Waals surface area contributed by atoms with E-state index >= 15 is 0 Å². The van der Waals surface area contributed by atoms with Crippen LogP contribution in [-0.4, -0.2) is 54.5 Å². The Kier molecular flexibility index (Phi) is 6.51. The highest BCUT2D eigenvalue weighted by Gasteiger charge is 2.55. The van der Waals surface area contributed by atoms with Crippen LogP contribution in [0.15, 0.2) is 18.2 Å². The quantitative estimate of drug-likeness (QED) is 0.701. The van der Waals surface area contributed by atoms with Crippen molar-refractivity contribution in [2.24, 2.45) is 0 Å². The van der Waals surface area contributed by atoms with E-state index in [1.165, 1.54) is 11.0 Å². The number of rotatable bonds is 3. The zero-order valence-electron chi connectivity index (χ0n) is 19.1. The summed E-state index contributed by atoms with van der Waals surface area (Å²) in [5, 5.41) is 2.64. The highest BCUT2D eigenvalue weighted by Crippen LogP contribution is 2.40. The standard InChI is InChI=1S/C22H29F3N2O5S/c1-20(2,3)32-19(29)26-17-7-9-21(12-17,33(4,30)31)18(28)27-10-8-14-5-6-16(22(23,24)25)11-15(14)13-27/h5-6,11,17H,7-10,12-13H2,1-4H3,(H,26,29).